The summed E-state index contributed by atoms with van der Waals surface area (Å²) in [7, 11) is 0. The van der Waals surface area contributed by atoms with Crippen LogP contribution >= 0.6 is 0 Å². The molecule has 0 aromatic carbocycles. The number of hydrogen-bond donors (Lipinski definition) is 1. The minimum atomic E-state index is 0.350. The summed E-state index contributed by atoms with van der Waals surface area (Å²) in [6, 6.07) is 0.911. The molecule has 0 aromatic heterocycles. The predicted molar refractivity (Wildman–Crippen MR) is 66.9 cm³/mol. The van der Waals surface area contributed by atoms with E-state index in [1.807, 2.05) is 0 Å². The number of hydrogen-bond acceptors (Lipinski definition) is 2. The molecule has 0 spiro atoms. The molecule has 15 heavy (non-hydrogen) atoms. The van der Waals surface area contributed by atoms with Crippen molar-refractivity contribution in [2.24, 2.45) is 11.7 Å². The van der Waals surface area contributed by atoms with Crippen LogP contribution in [0.25, 0.3) is 0 Å². The molecule has 0 bridgehead atoms. The first-order valence-corrected chi connectivity index (χ1v) is 6.68. The van der Waals surface area contributed by atoms with Crippen molar-refractivity contribution < 1.29 is 0 Å². The quantitative estimate of drug-likeness (QED) is 0.776. The minimum absolute atomic E-state index is 0.350. The fraction of sp³-hybridized carbons (Fsp3) is 1.00. The van der Waals surface area contributed by atoms with Crippen molar-refractivity contribution in [2.75, 3.05) is 13.1 Å². The van der Waals surface area contributed by atoms with Crippen LogP contribution in [0.5, 0.6) is 0 Å². The second-order valence-corrected chi connectivity index (χ2v) is 5.05. The fourth-order valence-corrected chi connectivity index (χ4v) is 2.62. The van der Waals surface area contributed by atoms with Gasteiger partial charge in [0.1, 0.15) is 0 Å². The van der Waals surface area contributed by atoms with Gasteiger partial charge in [-0.15, -0.1) is 0 Å². The average molecular weight is 212 g/mol. The van der Waals surface area contributed by atoms with Crippen LogP contribution in [0.3, 0.4) is 0 Å². The monoisotopic (exact) mass is 212 g/mol. The maximum absolute atomic E-state index is 6.12. The van der Waals surface area contributed by atoms with E-state index in [0.717, 1.165) is 12.3 Å². The van der Waals surface area contributed by atoms with Crippen LogP contribution in [-0.2, 0) is 0 Å². The van der Waals surface area contributed by atoms with Crippen molar-refractivity contribution in [2.45, 2.75) is 65.0 Å². The molecule has 0 radical (unpaired) electrons. The third kappa shape index (κ3) is 3.76. The lowest BCUT2D eigenvalue weighted by molar-refractivity contribution is 0.186. The molecule has 0 aliphatic carbocycles. The number of nitrogens with zero attached hydrogens (tertiary/aromatic N) is 1. The summed E-state index contributed by atoms with van der Waals surface area (Å²) >= 11 is 0. The van der Waals surface area contributed by atoms with E-state index in [2.05, 4.69) is 25.7 Å². The van der Waals surface area contributed by atoms with Crippen LogP contribution in [0.2, 0.25) is 0 Å². The SMILES string of the molecule is CCC1CCCN(C(C)C(N)CC)CC1. The van der Waals surface area contributed by atoms with Gasteiger partial charge in [0.25, 0.3) is 0 Å². The van der Waals surface area contributed by atoms with Crippen molar-refractivity contribution in [3.8, 4) is 0 Å². The lowest BCUT2D eigenvalue weighted by Crippen LogP contribution is -2.46. The van der Waals surface area contributed by atoms with E-state index in [4.69, 9.17) is 5.73 Å². The van der Waals surface area contributed by atoms with E-state index in [9.17, 15) is 0 Å². The summed E-state index contributed by atoms with van der Waals surface area (Å²) in [5.74, 6) is 0.958. The van der Waals surface area contributed by atoms with Gasteiger partial charge in [-0.25, -0.2) is 0 Å². The molecule has 2 nitrogen and oxygen atoms in total. The van der Waals surface area contributed by atoms with Gasteiger partial charge in [0.15, 0.2) is 0 Å². The molecule has 3 atom stereocenters. The summed E-state index contributed by atoms with van der Waals surface area (Å²) in [6.07, 6.45) is 6.59. The number of rotatable bonds is 4. The van der Waals surface area contributed by atoms with Gasteiger partial charge in [0.2, 0.25) is 0 Å². The Morgan fingerprint density at radius 1 is 1.27 bits per heavy atom. The first kappa shape index (κ1) is 13.0. The zero-order valence-corrected chi connectivity index (χ0v) is 10.7. The second kappa shape index (κ2) is 6.49. The van der Waals surface area contributed by atoms with Gasteiger partial charge in [-0.05, 0) is 51.6 Å². The highest BCUT2D eigenvalue weighted by molar-refractivity contribution is 4.80. The zero-order valence-electron chi connectivity index (χ0n) is 10.7. The van der Waals surface area contributed by atoms with E-state index >= 15 is 0 Å². The highest BCUT2D eigenvalue weighted by atomic mass is 15.2. The van der Waals surface area contributed by atoms with Gasteiger partial charge >= 0.3 is 0 Å². The highest BCUT2D eigenvalue weighted by Crippen LogP contribution is 2.22. The molecular weight excluding hydrogens is 184 g/mol. The Labute approximate surface area is 95.2 Å². The van der Waals surface area contributed by atoms with Crippen LogP contribution in [0.4, 0.5) is 0 Å². The molecule has 2 N–H and O–H groups in total. The van der Waals surface area contributed by atoms with Crippen LogP contribution in [0.1, 0.15) is 52.9 Å². The topological polar surface area (TPSA) is 29.3 Å². The molecule has 2 heteroatoms. The summed E-state index contributed by atoms with van der Waals surface area (Å²) in [5.41, 5.74) is 6.12. The van der Waals surface area contributed by atoms with Crippen molar-refractivity contribution >= 4 is 0 Å². The van der Waals surface area contributed by atoms with Crippen LogP contribution in [0, 0.1) is 5.92 Å². The molecule has 1 aliphatic heterocycles. The highest BCUT2D eigenvalue weighted by Gasteiger charge is 2.22. The standard InChI is InChI=1S/C13H28N2/c1-4-12-7-6-9-15(10-8-12)11(3)13(14)5-2/h11-13H,4-10,14H2,1-3H3. The summed E-state index contributed by atoms with van der Waals surface area (Å²) in [5, 5.41) is 0. The lowest BCUT2D eigenvalue weighted by atomic mass is 9.98. The molecule has 90 valence electrons. The Bertz CT molecular complexity index is 170. The molecule has 1 heterocycles. The predicted octanol–water partition coefficient (Wildman–Crippen LogP) is 2.62. The molecule has 1 rings (SSSR count). The van der Waals surface area contributed by atoms with Crippen LogP contribution in [-0.4, -0.2) is 30.1 Å². The van der Waals surface area contributed by atoms with E-state index in [1.165, 1.54) is 38.8 Å². The zero-order chi connectivity index (χ0) is 11.3. The second-order valence-electron chi connectivity index (χ2n) is 5.05. The Morgan fingerprint density at radius 3 is 2.60 bits per heavy atom. The van der Waals surface area contributed by atoms with E-state index in [0.29, 0.717) is 12.1 Å². The van der Waals surface area contributed by atoms with Gasteiger partial charge in [-0.3, -0.25) is 4.90 Å². The Balaban J connectivity index is 2.42. The fourth-order valence-electron chi connectivity index (χ4n) is 2.62. The van der Waals surface area contributed by atoms with Gasteiger partial charge in [0.05, 0.1) is 0 Å². The Morgan fingerprint density at radius 2 is 2.00 bits per heavy atom. The Kier molecular flexibility index (Phi) is 5.62. The van der Waals surface area contributed by atoms with Crippen molar-refractivity contribution in [1.29, 1.82) is 0 Å². The molecular formula is C13H28N2. The number of nitrogens with two attached hydrogens (primary N) is 1. The summed E-state index contributed by atoms with van der Waals surface area (Å²) in [6.45, 7) is 9.31. The maximum atomic E-state index is 6.12. The summed E-state index contributed by atoms with van der Waals surface area (Å²) in [4.78, 5) is 2.60. The molecule has 0 aromatic rings. The molecule has 0 saturated carbocycles. The van der Waals surface area contributed by atoms with Crippen LogP contribution < -0.4 is 5.73 Å². The van der Waals surface area contributed by atoms with Gasteiger partial charge in [-0.2, -0.15) is 0 Å². The molecule has 0 amide bonds. The van der Waals surface area contributed by atoms with Crippen molar-refractivity contribution in [1.82, 2.24) is 4.90 Å². The minimum Gasteiger partial charge on any atom is -0.326 e. The maximum Gasteiger partial charge on any atom is 0.0218 e. The number of likely N-dealkylation sites (tertiary alicyclic amines) is 1. The largest absolute Gasteiger partial charge is 0.326 e. The molecule has 1 aliphatic rings. The average Bonchev–Trinajstić information content (AvgIpc) is 2.51. The molecule has 1 saturated heterocycles. The third-order valence-corrected chi connectivity index (χ3v) is 4.13. The third-order valence-electron chi connectivity index (χ3n) is 4.13. The lowest BCUT2D eigenvalue weighted by Gasteiger charge is -2.31. The molecule has 3 unspecified atom stereocenters. The van der Waals surface area contributed by atoms with E-state index in [1.54, 1.807) is 0 Å². The van der Waals surface area contributed by atoms with Crippen LogP contribution in [0.15, 0.2) is 0 Å². The summed E-state index contributed by atoms with van der Waals surface area (Å²) < 4.78 is 0. The van der Waals surface area contributed by atoms with Gasteiger partial charge in [-0.1, -0.05) is 20.3 Å². The molecule has 1 fully saturated rings. The van der Waals surface area contributed by atoms with E-state index in [-0.39, 0.29) is 0 Å². The van der Waals surface area contributed by atoms with E-state index < -0.39 is 0 Å². The first-order chi connectivity index (χ1) is 7.19. The smallest absolute Gasteiger partial charge is 0.0218 e. The Hall–Kier alpha value is -0.0800. The van der Waals surface area contributed by atoms with Gasteiger partial charge < -0.3 is 5.73 Å². The first-order valence-electron chi connectivity index (χ1n) is 6.68. The van der Waals surface area contributed by atoms with Crippen molar-refractivity contribution in [3.63, 3.8) is 0 Å². The van der Waals surface area contributed by atoms with Gasteiger partial charge in [0, 0.05) is 12.1 Å². The van der Waals surface area contributed by atoms with Crippen molar-refractivity contribution in [3.05, 3.63) is 0 Å². The normalized spacial score (nSPS) is 28.4.